The van der Waals surface area contributed by atoms with Crippen LogP contribution in [0, 0.1) is 5.82 Å². The Kier molecular flexibility index (Phi) is 3.63. The number of fused-ring (bicyclic) bond motifs is 1. The van der Waals surface area contributed by atoms with Crippen LogP contribution in [-0.2, 0) is 5.54 Å². The summed E-state index contributed by atoms with van der Waals surface area (Å²) < 4.78 is 24.9. The van der Waals surface area contributed by atoms with Crippen molar-refractivity contribution in [3.05, 3.63) is 59.4 Å². The van der Waals surface area contributed by atoms with Gasteiger partial charge in [-0.3, -0.25) is 4.79 Å². The second kappa shape index (κ2) is 5.82. The smallest absolute Gasteiger partial charge is 0.252 e. The van der Waals surface area contributed by atoms with Gasteiger partial charge in [-0.25, -0.2) is 4.39 Å². The average molecular weight is 327 g/mol. The van der Waals surface area contributed by atoms with Crippen LogP contribution in [-0.4, -0.2) is 12.7 Å². The third kappa shape index (κ3) is 2.50. The minimum Gasteiger partial charge on any atom is -0.454 e. The summed E-state index contributed by atoms with van der Waals surface area (Å²) in [6.07, 6.45) is 3.42. The van der Waals surface area contributed by atoms with Crippen molar-refractivity contribution in [2.24, 2.45) is 0 Å². The first-order chi connectivity index (χ1) is 11.7. The Balaban J connectivity index is 1.64. The van der Waals surface area contributed by atoms with Gasteiger partial charge in [-0.05, 0) is 37.1 Å². The molecule has 0 bridgehead atoms. The molecule has 24 heavy (non-hydrogen) atoms. The summed E-state index contributed by atoms with van der Waals surface area (Å²) in [5.74, 6) is 0.703. The van der Waals surface area contributed by atoms with Crippen LogP contribution in [0.2, 0.25) is 0 Å². The van der Waals surface area contributed by atoms with Crippen molar-refractivity contribution < 1.29 is 18.7 Å². The molecule has 5 heteroatoms. The zero-order valence-corrected chi connectivity index (χ0v) is 13.2. The number of rotatable bonds is 3. The minimum atomic E-state index is -0.640. The van der Waals surface area contributed by atoms with Gasteiger partial charge in [0.25, 0.3) is 5.91 Å². The molecule has 4 rings (SSSR count). The lowest BCUT2D eigenvalue weighted by Gasteiger charge is -2.31. The molecule has 0 unspecified atom stereocenters. The summed E-state index contributed by atoms with van der Waals surface area (Å²) in [7, 11) is 0. The quantitative estimate of drug-likeness (QED) is 0.934. The van der Waals surface area contributed by atoms with E-state index >= 15 is 0 Å². The number of halogens is 1. The van der Waals surface area contributed by atoms with Crippen LogP contribution >= 0.6 is 0 Å². The zero-order chi connectivity index (χ0) is 16.6. The summed E-state index contributed by atoms with van der Waals surface area (Å²) in [5, 5.41) is 3.08. The highest BCUT2D eigenvalue weighted by atomic mass is 19.1. The Morgan fingerprint density at radius 1 is 1.04 bits per heavy atom. The molecule has 2 aromatic carbocycles. The number of carbonyl (C=O) groups excluding carboxylic acids is 1. The van der Waals surface area contributed by atoms with Crippen molar-refractivity contribution in [3.8, 4) is 11.5 Å². The molecule has 1 heterocycles. The Bertz CT molecular complexity index is 784. The third-order valence-corrected chi connectivity index (χ3v) is 4.83. The second-order valence-electron chi connectivity index (χ2n) is 6.29. The topological polar surface area (TPSA) is 47.6 Å². The Morgan fingerprint density at radius 3 is 2.58 bits per heavy atom. The highest BCUT2D eigenvalue weighted by Crippen LogP contribution is 2.40. The molecule has 0 atom stereocenters. The maximum Gasteiger partial charge on any atom is 0.252 e. The molecule has 1 fully saturated rings. The van der Waals surface area contributed by atoms with E-state index in [0.717, 1.165) is 25.7 Å². The lowest BCUT2D eigenvalue weighted by molar-refractivity contribution is 0.0896. The van der Waals surface area contributed by atoms with E-state index in [0.29, 0.717) is 22.6 Å². The fourth-order valence-electron chi connectivity index (χ4n) is 3.62. The van der Waals surface area contributed by atoms with Crippen LogP contribution in [0.15, 0.2) is 42.5 Å². The molecule has 1 saturated carbocycles. The molecule has 0 spiro atoms. The summed E-state index contributed by atoms with van der Waals surface area (Å²) in [4.78, 5) is 12.8. The first-order valence-electron chi connectivity index (χ1n) is 8.15. The molecule has 0 radical (unpaired) electrons. The standard InChI is InChI=1S/C19H18FNO3/c20-15-6-2-1-5-14(15)19(9-3-4-10-19)21-18(22)13-7-8-16-17(11-13)24-12-23-16/h1-2,5-8,11H,3-4,9-10,12H2,(H,21,22). The summed E-state index contributed by atoms with van der Waals surface area (Å²) in [6.45, 7) is 0.166. The SMILES string of the molecule is O=C(NC1(c2ccccc2F)CCCC1)c1ccc2c(c1)OCO2. The van der Waals surface area contributed by atoms with E-state index in [1.165, 1.54) is 6.07 Å². The second-order valence-corrected chi connectivity index (χ2v) is 6.29. The molecule has 1 aliphatic heterocycles. The van der Waals surface area contributed by atoms with Gasteiger partial charge in [0, 0.05) is 11.1 Å². The van der Waals surface area contributed by atoms with Crippen LogP contribution in [0.25, 0.3) is 0 Å². The molecule has 2 aromatic rings. The number of benzene rings is 2. The van der Waals surface area contributed by atoms with E-state index in [-0.39, 0.29) is 18.5 Å². The van der Waals surface area contributed by atoms with E-state index in [9.17, 15) is 9.18 Å². The maximum atomic E-state index is 14.3. The van der Waals surface area contributed by atoms with Crippen LogP contribution < -0.4 is 14.8 Å². The van der Waals surface area contributed by atoms with Crippen LogP contribution in [0.3, 0.4) is 0 Å². The molecule has 0 aromatic heterocycles. The number of hydrogen-bond donors (Lipinski definition) is 1. The molecule has 4 nitrogen and oxygen atoms in total. The van der Waals surface area contributed by atoms with Gasteiger partial charge in [0.1, 0.15) is 5.82 Å². The van der Waals surface area contributed by atoms with Gasteiger partial charge in [-0.15, -0.1) is 0 Å². The van der Waals surface area contributed by atoms with Crippen molar-refractivity contribution in [2.75, 3.05) is 6.79 Å². The van der Waals surface area contributed by atoms with Crippen LogP contribution in [0.4, 0.5) is 4.39 Å². The first kappa shape index (κ1) is 15.0. The van der Waals surface area contributed by atoms with E-state index in [2.05, 4.69) is 5.32 Å². The first-order valence-corrected chi connectivity index (χ1v) is 8.15. The lowest BCUT2D eigenvalue weighted by Crippen LogP contribution is -2.44. The summed E-state index contributed by atoms with van der Waals surface area (Å²) in [6, 6.07) is 11.8. The number of nitrogens with one attached hydrogen (secondary N) is 1. The molecular weight excluding hydrogens is 309 g/mol. The van der Waals surface area contributed by atoms with Crippen molar-refractivity contribution in [1.29, 1.82) is 0 Å². The number of carbonyl (C=O) groups is 1. The molecular formula is C19H18FNO3. The van der Waals surface area contributed by atoms with Gasteiger partial charge in [0.05, 0.1) is 5.54 Å². The van der Waals surface area contributed by atoms with Gasteiger partial charge < -0.3 is 14.8 Å². The fourth-order valence-corrected chi connectivity index (χ4v) is 3.62. The van der Waals surface area contributed by atoms with Gasteiger partial charge in [-0.2, -0.15) is 0 Å². The van der Waals surface area contributed by atoms with Gasteiger partial charge >= 0.3 is 0 Å². The van der Waals surface area contributed by atoms with E-state index < -0.39 is 5.54 Å². The minimum absolute atomic E-state index is 0.166. The molecule has 124 valence electrons. The van der Waals surface area contributed by atoms with E-state index in [1.54, 1.807) is 30.3 Å². The Hall–Kier alpha value is -2.56. The predicted molar refractivity (Wildman–Crippen MR) is 86.6 cm³/mol. The third-order valence-electron chi connectivity index (χ3n) is 4.83. The zero-order valence-electron chi connectivity index (χ0n) is 13.2. The van der Waals surface area contributed by atoms with Crippen molar-refractivity contribution in [1.82, 2.24) is 5.32 Å². The van der Waals surface area contributed by atoms with E-state index in [4.69, 9.17) is 9.47 Å². The highest BCUT2D eigenvalue weighted by molar-refractivity contribution is 5.95. The monoisotopic (exact) mass is 327 g/mol. The van der Waals surface area contributed by atoms with Crippen LogP contribution in [0.5, 0.6) is 11.5 Å². The fraction of sp³-hybridized carbons (Fsp3) is 0.316. The van der Waals surface area contributed by atoms with E-state index in [1.807, 2.05) is 6.07 Å². The molecule has 0 saturated heterocycles. The summed E-state index contributed by atoms with van der Waals surface area (Å²) in [5.41, 5.74) is 0.414. The molecule has 1 N–H and O–H groups in total. The van der Waals surface area contributed by atoms with Crippen molar-refractivity contribution in [2.45, 2.75) is 31.2 Å². The lowest BCUT2D eigenvalue weighted by atomic mass is 9.87. The Morgan fingerprint density at radius 2 is 1.79 bits per heavy atom. The van der Waals surface area contributed by atoms with Gasteiger partial charge in [-0.1, -0.05) is 31.0 Å². The maximum absolute atomic E-state index is 14.3. The van der Waals surface area contributed by atoms with Crippen LogP contribution in [0.1, 0.15) is 41.6 Å². The number of hydrogen-bond acceptors (Lipinski definition) is 3. The largest absolute Gasteiger partial charge is 0.454 e. The number of amides is 1. The summed E-state index contributed by atoms with van der Waals surface area (Å²) >= 11 is 0. The predicted octanol–water partition coefficient (Wildman–Crippen LogP) is 3.75. The van der Waals surface area contributed by atoms with Gasteiger partial charge in [0.2, 0.25) is 6.79 Å². The highest BCUT2D eigenvalue weighted by Gasteiger charge is 2.39. The van der Waals surface area contributed by atoms with Crippen molar-refractivity contribution >= 4 is 5.91 Å². The normalized spacial score (nSPS) is 17.7. The average Bonchev–Trinajstić information content (AvgIpc) is 3.24. The Labute approximate surface area is 139 Å². The molecule has 1 amide bonds. The molecule has 2 aliphatic rings. The number of ether oxygens (including phenoxy) is 2. The molecule has 1 aliphatic carbocycles. The van der Waals surface area contributed by atoms with Crippen molar-refractivity contribution in [3.63, 3.8) is 0 Å². The van der Waals surface area contributed by atoms with Gasteiger partial charge in [0.15, 0.2) is 11.5 Å².